The molecule has 0 bridgehead atoms. The second kappa shape index (κ2) is 8.37. The number of aromatic nitrogens is 2. The Morgan fingerprint density at radius 2 is 1.89 bits per heavy atom. The maximum absolute atomic E-state index is 13.1. The fourth-order valence-electron chi connectivity index (χ4n) is 2.67. The van der Waals surface area contributed by atoms with Gasteiger partial charge in [0.15, 0.2) is 0 Å². The number of hydrogen-bond acceptors (Lipinski definition) is 4. The van der Waals surface area contributed by atoms with Crippen molar-refractivity contribution in [1.29, 1.82) is 0 Å². The van der Waals surface area contributed by atoms with Gasteiger partial charge in [0.2, 0.25) is 0 Å². The molecular weight excluding hydrogens is 365 g/mol. The number of aliphatic hydroxyl groups is 1. The predicted molar refractivity (Wildman–Crippen MR) is 104 cm³/mol. The van der Waals surface area contributed by atoms with Crippen LogP contribution >= 0.6 is 11.8 Å². The van der Waals surface area contributed by atoms with Gasteiger partial charge in [0, 0.05) is 24.1 Å². The molecule has 5 nitrogen and oxygen atoms in total. The monoisotopic (exact) mass is 385 g/mol. The molecule has 1 amide bonds. The van der Waals surface area contributed by atoms with Gasteiger partial charge in [-0.05, 0) is 54.3 Å². The molecule has 0 spiro atoms. The van der Waals surface area contributed by atoms with Crippen LogP contribution in [-0.4, -0.2) is 33.6 Å². The Morgan fingerprint density at radius 3 is 2.52 bits per heavy atom. The number of nitrogens with zero attached hydrogens (tertiary/aromatic N) is 2. The first kappa shape index (κ1) is 19.1. The summed E-state index contributed by atoms with van der Waals surface area (Å²) < 4.78 is 14.5. The van der Waals surface area contributed by atoms with Gasteiger partial charge in [-0.15, -0.1) is 11.8 Å². The number of aryl methyl sites for hydroxylation is 1. The molecule has 2 aromatic carbocycles. The number of hydrogen-bond donors (Lipinski definition) is 2. The first-order valence-electron chi connectivity index (χ1n) is 8.38. The Kier molecular flexibility index (Phi) is 5.93. The molecule has 3 aromatic rings. The topological polar surface area (TPSA) is 67.2 Å². The molecule has 140 valence electrons. The number of halogens is 1. The van der Waals surface area contributed by atoms with E-state index in [1.165, 1.54) is 16.8 Å². The van der Waals surface area contributed by atoms with Crippen molar-refractivity contribution in [3.05, 3.63) is 71.7 Å². The van der Waals surface area contributed by atoms with Crippen LogP contribution in [0.15, 0.2) is 59.5 Å². The third-order valence-corrected chi connectivity index (χ3v) is 4.95. The molecule has 0 aliphatic rings. The maximum Gasteiger partial charge on any atom is 0.269 e. The van der Waals surface area contributed by atoms with Gasteiger partial charge in [0.1, 0.15) is 11.5 Å². The van der Waals surface area contributed by atoms with Crippen LogP contribution in [0.1, 0.15) is 22.2 Å². The molecule has 27 heavy (non-hydrogen) atoms. The van der Waals surface area contributed by atoms with E-state index in [1.54, 1.807) is 37.0 Å². The molecule has 0 saturated heterocycles. The van der Waals surface area contributed by atoms with Gasteiger partial charge >= 0.3 is 0 Å². The Hall–Kier alpha value is -2.64. The van der Waals surface area contributed by atoms with Crippen LogP contribution < -0.4 is 5.32 Å². The first-order valence-corrected chi connectivity index (χ1v) is 9.60. The van der Waals surface area contributed by atoms with Crippen LogP contribution in [0.3, 0.4) is 0 Å². The second-order valence-corrected chi connectivity index (χ2v) is 6.92. The number of benzene rings is 2. The quantitative estimate of drug-likeness (QED) is 0.638. The maximum atomic E-state index is 13.1. The lowest BCUT2D eigenvalue weighted by atomic mass is 10.1. The number of carbonyl (C=O) groups excluding carboxylic acids is 1. The molecule has 1 atom stereocenters. The predicted octanol–water partition coefficient (Wildman–Crippen LogP) is 3.41. The minimum atomic E-state index is -0.797. The van der Waals surface area contributed by atoms with E-state index in [4.69, 9.17) is 0 Å². The SMILES string of the molecule is CSc1ccc([C@@H](O)CNC(=O)c2cc(-c3ccc(F)cc3)nn2C)cc1. The van der Waals surface area contributed by atoms with Crippen LogP contribution in [0.4, 0.5) is 4.39 Å². The summed E-state index contributed by atoms with van der Waals surface area (Å²) >= 11 is 1.63. The highest BCUT2D eigenvalue weighted by Crippen LogP contribution is 2.20. The molecule has 0 saturated carbocycles. The zero-order chi connectivity index (χ0) is 19.4. The van der Waals surface area contributed by atoms with Gasteiger partial charge in [0.05, 0.1) is 11.8 Å². The Balaban J connectivity index is 1.66. The molecule has 0 aliphatic heterocycles. The van der Waals surface area contributed by atoms with Crippen molar-refractivity contribution >= 4 is 17.7 Å². The van der Waals surface area contributed by atoms with Gasteiger partial charge in [-0.3, -0.25) is 9.48 Å². The second-order valence-electron chi connectivity index (χ2n) is 6.04. The van der Waals surface area contributed by atoms with Crippen LogP contribution in [0, 0.1) is 5.82 Å². The van der Waals surface area contributed by atoms with Crippen molar-refractivity contribution in [1.82, 2.24) is 15.1 Å². The summed E-state index contributed by atoms with van der Waals surface area (Å²) in [6.45, 7) is 0.0918. The van der Waals surface area contributed by atoms with Crippen molar-refractivity contribution < 1.29 is 14.3 Å². The Morgan fingerprint density at radius 1 is 1.22 bits per heavy atom. The van der Waals surface area contributed by atoms with E-state index < -0.39 is 6.10 Å². The average molecular weight is 385 g/mol. The third-order valence-electron chi connectivity index (χ3n) is 4.21. The van der Waals surface area contributed by atoms with Gasteiger partial charge in [-0.1, -0.05) is 12.1 Å². The lowest BCUT2D eigenvalue weighted by molar-refractivity contribution is 0.0907. The number of thioether (sulfide) groups is 1. The highest BCUT2D eigenvalue weighted by molar-refractivity contribution is 7.98. The third kappa shape index (κ3) is 4.56. The molecule has 0 aliphatic carbocycles. The molecule has 0 unspecified atom stereocenters. The van der Waals surface area contributed by atoms with E-state index in [0.717, 1.165) is 16.0 Å². The highest BCUT2D eigenvalue weighted by atomic mass is 32.2. The number of carbonyl (C=O) groups is 1. The molecular formula is C20H20FN3O2S. The van der Waals surface area contributed by atoms with Crippen molar-refractivity contribution in [2.24, 2.45) is 7.05 Å². The molecule has 2 N–H and O–H groups in total. The van der Waals surface area contributed by atoms with Crippen LogP contribution in [0.2, 0.25) is 0 Å². The molecule has 0 radical (unpaired) electrons. The van der Waals surface area contributed by atoms with E-state index in [2.05, 4.69) is 10.4 Å². The summed E-state index contributed by atoms with van der Waals surface area (Å²) in [6.07, 6.45) is 1.19. The smallest absolute Gasteiger partial charge is 0.269 e. The lowest BCUT2D eigenvalue weighted by Gasteiger charge is -2.12. The van der Waals surface area contributed by atoms with Crippen LogP contribution in [-0.2, 0) is 7.05 Å². The normalized spacial score (nSPS) is 12.0. The van der Waals surface area contributed by atoms with Crippen LogP contribution in [0.5, 0.6) is 0 Å². The van der Waals surface area contributed by atoms with E-state index >= 15 is 0 Å². The van der Waals surface area contributed by atoms with Crippen molar-refractivity contribution in [2.45, 2.75) is 11.0 Å². The highest BCUT2D eigenvalue weighted by Gasteiger charge is 2.16. The van der Waals surface area contributed by atoms with Crippen molar-refractivity contribution in [3.63, 3.8) is 0 Å². The largest absolute Gasteiger partial charge is 0.387 e. The summed E-state index contributed by atoms with van der Waals surface area (Å²) in [5, 5.41) is 17.3. The van der Waals surface area contributed by atoms with E-state index in [-0.39, 0.29) is 18.3 Å². The summed E-state index contributed by atoms with van der Waals surface area (Å²) in [5.41, 5.74) is 2.40. The molecule has 0 fully saturated rings. The summed E-state index contributed by atoms with van der Waals surface area (Å²) in [5.74, 6) is -0.662. The number of rotatable bonds is 6. The zero-order valence-corrected chi connectivity index (χ0v) is 15.8. The fraction of sp³-hybridized carbons (Fsp3) is 0.200. The molecule has 1 aromatic heterocycles. The van der Waals surface area contributed by atoms with Gasteiger partial charge in [-0.2, -0.15) is 5.10 Å². The van der Waals surface area contributed by atoms with E-state index in [0.29, 0.717) is 11.4 Å². The molecule has 1 heterocycles. The number of amides is 1. The Labute approximate surface area is 161 Å². The van der Waals surface area contributed by atoms with Crippen molar-refractivity contribution in [3.8, 4) is 11.3 Å². The summed E-state index contributed by atoms with van der Waals surface area (Å²) in [6, 6.07) is 15.1. The van der Waals surface area contributed by atoms with E-state index in [9.17, 15) is 14.3 Å². The standard InChI is InChI=1S/C20H20FN3O2S/c1-24-18(11-17(23-24)13-3-7-15(21)8-4-13)20(26)22-12-19(25)14-5-9-16(27-2)10-6-14/h3-11,19,25H,12H2,1-2H3,(H,22,26)/t19-/m0/s1. The summed E-state index contributed by atoms with van der Waals surface area (Å²) in [7, 11) is 1.67. The number of aliphatic hydroxyl groups excluding tert-OH is 1. The van der Waals surface area contributed by atoms with Gasteiger partial charge in [-0.25, -0.2) is 4.39 Å². The minimum Gasteiger partial charge on any atom is -0.387 e. The molecule has 7 heteroatoms. The average Bonchev–Trinajstić information content (AvgIpc) is 3.08. The Bertz CT molecular complexity index is 923. The van der Waals surface area contributed by atoms with Gasteiger partial charge in [0.25, 0.3) is 5.91 Å². The van der Waals surface area contributed by atoms with Gasteiger partial charge < -0.3 is 10.4 Å². The van der Waals surface area contributed by atoms with Crippen molar-refractivity contribution in [2.75, 3.05) is 12.8 Å². The molecule has 3 rings (SSSR count). The first-order chi connectivity index (χ1) is 13.0. The number of nitrogens with one attached hydrogen (secondary N) is 1. The lowest BCUT2D eigenvalue weighted by Crippen LogP contribution is -2.29. The summed E-state index contributed by atoms with van der Waals surface area (Å²) in [4.78, 5) is 13.6. The minimum absolute atomic E-state index is 0.0918. The fourth-order valence-corrected chi connectivity index (χ4v) is 3.07. The van der Waals surface area contributed by atoms with E-state index in [1.807, 2.05) is 30.5 Å². The van der Waals surface area contributed by atoms with Crippen LogP contribution in [0.25, 0.3) is 11.3 Å². The zero-order valence-electron chi connectivity index (χ0n) is 15.0.